The molecule has 39 heavy (non-hydrogen) atoms. The number of imidazole rings is 1. The van der Waals surface area contributed by atoms with Crippen molar-refractivity contribution in [1.82, 2.24) is 14.9 Å². The number of rotatable bonds is 14. The number of nitrogens with two attached hydrogens (primary N) is 1. The van der Waals surface area contributed by atoms with E-state index in [-0.39, 0.29) is 30.7 Å². The van der Waals surface area contributed by atoms with Crippen LogP contribution in [0.15, 0.2) is 48.5 Å². The Morgan fingerprint density at radius 1 is 1.08 bits per heavy atom. The van der Waals surface area contributed by atoms with Gasteiger partial charge in [-0.15, -0.1) is 48.0 Å². The van der Waals surface area contributed by atoms with Crippen molar-refractivity contribution in [2.45, 2.75) is 45.2 Å². The molecule has 1 heterocycles. The minimum absolute atomic E-state index is 0. The molecule has 2 aromatic carbocycles. The number of carbonyl (C=O) groups is 2. The highest BCUT2D eigenvalue weighted by molar-refractivity contribution is 6.18. The number of hydrogen-bond acceptors (Lipinski definition) is 5. The molecule has 0 aliphatic carbocycles. The number of alkyl halides is 2. The van der Waals surface area contributed by atoms with E-state index in [0.29, 0.717) is 44.1 Å². The predicted octanol–water partition coefficient (Wildman–Crippen LogP) is 5.03. The fourth-order valence-electron chi connectivity index (χ4n) is 4.31. The highest BCUT2D eigenvalue weighted by Gasteiger charge is 2.25. The molecule has 2 unspecified atom stereocenters. The zero-order valence-electron chi connectivity index (χ0n) is 22.1. The number of benzene rings is 2. The van der Waals surface area contributed by atoms with Crippen LogP contribution in [0.3, 0.4) is 0 Å². The van der Waals surface area contributed by atoms with Gasteiger partial charge in [0.1, 0.15) is 11.9 Å². The highest BCUT2D eigenvalue weighted by atomic mass is 35.5. The summed E-state index contributed by atoms with van der Waals surface area (Å²) in [6.07, 6.45) is 1.08. The van der Waals surface area contributed by atoms with E-state index in [0.717, 1.165) is 28.2 Å². The second-order valence-corrected chi connectivity index (χ2v) is 10.2. The number of hydrogen-bond donors (Lipinski definition) is 3. The van der Waals surface area contributed by atoms with E-state index in [9.17, 15) is 14.7 Å². The number of aromatic nitrogens is 2. The number of nitrogens with one attached hydrogen (secondary N) is 1. The highest BCUT2D eigenvalue weighted by Crippen LogP contribution is 2.27. The van der Waals surface area contributed by atoms with Crippen LogP contribution in [-0.2, 0) is 16.0 Å². The first kappa shape index (κ1) is 34.8. The summed E-state index contributed by atoms with van der Waals surface area (Å²) in [4.78, 5) is 31.2. The Kier molecular flexibility index (Phi) is 15.0. The Balaban J connectivity index is 0.00000380. The van der Waals surface area contributed by atoms with Gasteiger partial charge in [0.2, 0.25) is 5.91 Å². The van der Waals surface area contributed by atoms with E-state index in [1.165, 1.54) is 0 Å². The smallest absolute Gasteiger partial charge is 0.326 e. The first-order chi connectivity index (χ1) is 17.7. The molecule has 216 valence electrons. The summed E-state index contributed by atoms with van der Waals surface area (Å²) in [5, 5.41) is 12.0. The second kappa shape index (κ2) is 16.8. The third kappa shape index (κ3) is 9.43. The molecule has 12 heteroatoms. The Labute approximate surface area is 252 Å². The van der Waals surface area contributed by atoms with Crippen LogP contribution in [0.25, 0.3) is 16.7 Å². The third-order valence-corrected chi connectivity index (χ3v) is 6.47. The first-order valence-electron chi connectivity index (χ1n) is 12.5. The Bertz CT molecular complexity index is 1190. The number of para-hydroxylation sites is 1. The van der Waals surface area contributed by atoms with Gasteiger partial charge in [0.15, 0.2) is 0 Å². The lowest BCUT2D eigenvalue weighted by molar-refractivity contribution is -0.142. The number of aliphatic carboxylic acids is 1. The Hall–Kier alpha value is -2.23. The zero-order valence-corrected chi connectivity index (χ0v) is 25.2. The lowest BCUT2D eigenvalue weighted by Crippen LogP contribution is -2.49. The zero-order chi connectivity index (χ0) is 26.9. The van der Waals surface area contributed by atoms with E-state index in [4.69, 9.17) is 33.9 Å². The van der Waals surface area contributed by atoms with Crippen LogP contribution >= 0.6 is 48.0 Å². The van der Waals surface area contributed by atoms with Crippen molar-refractivity contribution in [3.05, 3.63) is 54.4 Å². The lowest BCUT2D eigenvalue weighted by Gasteiger charge is -2.22. The molecule has 0 bridgehead atoms. The molecular weight excluding hydrogens is 584 g/mol. The van der Waals surface area contributed by atoms with E-state index in [1.54, 1.807) is 0 Å². The maximum atomic E-state index is 12.7. The maximum Gasteiger partial charge on any atom is 0.326 e. The number of nitrogens with zero attached hydrogens (tertiary/aromatic N) is 3. The molecule has 2 atom stereocenters. The number of carboxylic acid groups (broad SMARTS) is 1. The summed E-state index contributed by atoms with van der Waals surface area (Å²) in [6.45, 7) is 5.16. The average Bonchev–Trinajstić information content (AvgIpc) is 3.24. The van der Waals surface area contributed by atoms with E-state index >= 15 is 0 Å². The fourth-order valence-corrected chi connectivity index (χ4v) is 4.72. The SMILES string of the molecule is CC(C)CC(NC(=O)C(N)CCc1nc2cc(N(CCCl)CCCl)ccc2n1-c1ccccc1)C(=O)O.Cl.Cl. The van der Waals surface area contributed by atoms with Crippen LogP contribution in [0, 0.1) is 5.92 Å². The van der Waals surface area contributed by atoms with Crippen LogP contribution in [0.4, 0.5) is 5.69 Å². The molecule has 0 fully saturated rings. The summed E-state index contributed by atoms with van der Waals surface area (Å²) >= 11 is 12.0. The topological polar surface area (TPSA) is 113 Å². The number of aryl methyl sites for hydroxylation is 1. The van der Waals surface area contributed by atoms with Gasteiger partial charge in [-0.3, -0.25) is 9.36 Å². The predicted molar refractivity (Wildman–Crippen MR) is 165 cm³/mol. The molecule has 8 nitrogen and oxygen atoms in total. The van der Waals surface area contributed by atoms with Crippen LogP contribution in [0.1, 0.15) is 32.5 Å². The lowest BCUT2D eigenvalue weighted by atomic mass is 10.0. The van der Waals surface area contributed by atoms with Crippen LogP contribution in [0.2, 0.25) is 0 Å². The quantitative estimate of drug-likeness (QED) is 0.218. The van der Waals surface area contributed by atoms with Gasteiger partial charge < -0.3 is 21.1 Å². The van der Waals surface area contributed by atoms with Gasteiger partial charge in [0.25, 0.3) is 0 Å². The van der Waals surface area contributed by atoms with E-state index < -0.39 is 24.0 Å². The number of carbonyl (C=O) groups excluding carboxylic acids is 1. The second-order valence-electron chi connectivity index (χ2n) is 9.41. The first-order valence-corrected chi connectivity index (χ1v) is 13.5. The van der Waals surface area contributed by atoms with Crippen molar-refractivity contribution in [2.75, 3.05) is 29.7 Å². The number of anilines is 1. The summed E-state index contributed by atoms with van der Waals surface area (Å²) in [7, 11) is 0. The molecule has 3 aromatic rings. The normalized spacial score (nSPS) is 12.4. The molecule has 0 aliphatic rings. The van der Waals surface area contributed by atoms with Crippen molar-refractivity contribution in [3.63, 3.8) is 0 Å². The van der Waals surface area contributed by atoms with Crippen LogP contribution in [0.5, 0.6) is 0 Å². The van der Waals surface area contributed by atoms with Crippen molar-refractivity contribution < 1.29 is 14.7 Å². The molecule has 0 spiro atoms. The number of fused-ring (bicyclic) bond motifs is 1. The van der Waals surface area contributed by atoms with Crippen LogP contribution in [-0.4, -0.2) is 63.5 Å². The Morgan fingerprint density at radius 2 is 1.72 bits per heavy atom. The van der Waals surface area contributed by atoms with Crippen molar-refractivity contribution in [3.8, 4) is 5.69 Å². The minimum Gasteiger partial charge on any atom is -0.480 e. The standard InChI is InChI=1S/C27H35Cl2N5O3.2ClH/c1-18(2)16-23(27(36)37)32-26(35)21(30)9-11-25-31-22-17-20(33(14-12-28)15-13-29)8-10-24(22)34(25)19-6-4-3-5-7-19;;/h3-8,10,17-18,21,23H,9,11-16,30H2,1-2H3,(H,32,35)(H,36,37);2*1H. The van der Waals surface area contributed by atoms with Gasteiger partial charge in [0, 0.05) is 42.6 Å². The molecule has 0 aliphatic heterocycles. The summed E-state index contributed by atoms with van der Waals surface area (Å²) in [6, 6.07) is 14.1. The maximum absolute atomic E-state index is 12.7. The van der Waals surface area contributed by atoms with Gasteiger partial charge in [0.05, 0.1) is 17.1 Å². The van der Waals surface area contributed by atoms with E-state index in [1.807, 2.05) is 62.4 Å². The average molecular weight is 621 g/mol. The molecular formula is C27H37Cl4N5O3. The molecule has 3 rings (SSSR count). The molecule has 0 radical (unpaired) electrons. The number of carboxylic acids is 1. The van der Waals surface area contributed by atoms with Crippen molar-refractivity contribution in [1.29, 1.82) is 0 Å². The Morgan fingerprint density at radius 3 is 2.28 bits per heavy atom. The summed E-state index contributed by atoms with van der Waals surface area (Å²) in [5.41, 5.74) is 9.86. The molecule has 4 N–H and O–H groups in total. The van der Waals surface area contributed by atoms with Crippen molar-refractivity contribution in [2.24, 2.45) is 11.7 Å². The molecule has 1 aromatic heterocycles. The van der Waals surface area contributed by atoms with Crippen molar-refractivity contribution >= 4 is 76.6 Å². The minimum atomic E-state index is -1.06. The number of amides is 1. The monoisotopic (exact) mass is 619 g/mol. The fraction of sp³-hybridized carbons (Fsp3) is 0.444. The van der Waals surface area contributed by atoms with Gasteiger partial charge in [-0.05, 0) is 49.1 Å². The largest absolute Gasteiger partial charge is 0.480 e. The summed E-state index contributed by atoms with van der Waals surface area (Å²) < 4.78 is 2.07. The summed E-state index contributed by atoms with van der Waals surface area (Å²) in [5.74, 6) is 0.318. The van der Waals surface area contributed by atoms with E-state index in [2.05, 4.69) is 14.8 Å². The van der Waals surface area contributed by atoms with Gasteiger partial charge >= 0.3 is 5.97 Å². The van der Waals surface area contributed by atoms with Gasteiger partial charge in [-0.25, -0.2) is 9.78 Å². The molecule has 1 amide bonds. The third-order valence-electron chi connectivity index (χ3n) is 6.13. The van der Waals surface area contributed by atoms with Gasteiger partial charge in [-0.2, -0.15) is 0 Å². The molecule has 0 saturated carbocycles. The van der Waals surface area contributed by atoms with Crippen LogP contribution < -0.4 is 16.0 Å². The molecule has 0 saturated heterocycles. The number of halogens is 4. The van der Waals surface area contributed by atoms with Gasteiger partial charge in [-0.1, -0.05) is 32.0 Å².